The molecule has 1 saturated heterocycles. The Morgan fingerprint density at radius 2 is 1.65 bits per heavy atom. The van der Waals surface area contributed by atoms with Crippen molar-refractivity contribution in [2.75, 3.05) is 54.8 Å². The summed E-state index contributed by atoms with van der Waals surface area (Å²) in [5, 5.41) is 6.63. The predicted octanol–water partition coefficient (Wildman–Crippen LogP) is 3.36. The van der Waals surface area contributed by atoms with Gasteiger partial charge in [-0.15, -0.1) is 0 Å². The van der Waals surface area contributed by atoms with E-state index in [0.29, 0.717) is 18.3 Å². The molecule has 4 rings (SSSR count). The van der Waals surface area contributed by atoms with Gasteiger partial charge < -0.3 is 20.4 Å². The average molecular weight is 525 g/mol. The molecule has 2 aromatic carbocycles. The van der Waals surface area contributed by atoms with Crippen LogP contribution in [-0.4, -0.2) is 62.6 Å². The third-order valence-corrected chi connectivity index (χ3v) is 7.53. The first-order chi connectivity index (χ1) is 17.9. The Labute approximate surface area is 219 Å². The summed E-state index contributed by atoms with van der Waals surface area (Å²) in [7, 11) is -3.55. The van der Waals surface area contributed by atoms with E-state index in [0.717, 1.165) is 55.2 Å². The van der Waals surface area contributed by atoms with Gasteiger partial charge in [0, 0.05) is 68.1 Å². The Morgan fingerprint density at radius 1 is 0.919 bits per heavy atom. The Kier molecular flexibility index (Phi) is 8.93. The molecule has 10 nitrogen and oxygen atoms in total. The van der Waals surface area contributed by atoms with Gasteiger partial charge in [0.15, 0.2) is 0 Å². The minimum Gasteiger partial charge on any atom is -0.369 e. The SMILES string of the molecule is CCNS(=O)(=O)NCc1ccccc1Nc1nc(Nc2ccc(N3CCN(CC)CC3)cc2)ncc1C. The largest absolute Gasteiger partial charge is 0.369 e. The highest BCUT2D eigenvalue weighted by atomic mass is 32.2. The van der Waals surface area contributed by atoms with E-state index >= 15 is 0 Å². The lowest BCUT2D eigenvalue weighted by atomic mass is 10.1. The summed E-state index contributed by atoms with van der Waals surface area (Å²) in [4.78, 5) is 14.0. The van der Waals surface area contributed by atoms with Gasteiger partial charge in [-0.2, -0.15) is 18.1 Å². The maximum atomic E-state index is 12.0. The molecule has 37 heavy (non-hydrogen) atoms. The second-order valence-electron chi connectivity index (χ2n) is 8.92. The fourth-order valence-corrected chi connectivity index (χ4v) is 5.00. The van der Waals surface area contributed by atoms with Crippen molar-refractivity contribution in [1.82, 2.24) is 24.3 Å². The molecule has 0 bridgehead atoms. The number of hydrogen-bond donors (Lipinski definition) is 4. The fraction of sp³-hybridized carbons (Fsp3) is 0.385. The first-order valence-electron chi connectivity index (χ1n) is 12.6. The van der Waals surface area contributed by atoms with Crippen LogP contribution in [0.4, 0.5) is 28.8 Å². The number of likely N-dealkylation sites (N-methyl/N-ethyl adjacent to an activating group) is 1. The maximum Gasteiger partial charge on any atom is 0.277 e. The van der Waals surface area contributed by atoms with Crippen molar-refractivity contribution < 1.29 is 8.42 Å². The summed E-state index contributed by atoms with van der Waals surface area (Å²) >= 11 is 0. The number of aromatic nitrogens is 2. The molecule has 0 radical (unpaired) electrons. The first-order valence-corrected chi connectivity index (χ1v) is 14.1. The third kappa shape index (κ3) is 7.39. The van der Waals surface area contributed by atoms with Gasteiger partial charge in [0.05, 0.1) is 0 Å². The van der Waals surface area contributed by atoms with Gasteiger partial charge in [-0.1, -0.05) is 32.0 Å². The van der Waals surface area contributed by atoms with Crippen molar-refractivity contribution >= 4 is 39.0 Å². The van der Waals surface area contributed by atoms with Crippen molar-refractivity contribution in [3.05, 3.63) is 65.9 Å². The van der Waals surface area contributed by atoms with E-state index in [-0.39, 0.29) is 6.54 Å². The molecule has 11 heteroatoms. The number of hydrogen-bond acceptors (Lipinski definition) is 8. The molecule has 0 spiro atoms. The first kappa shape index (κ1) is 26.8. The topological polar surface area (TPSA) is 115 Å². The van der Waals surface area contributed by atoms with E-state index in [4.69, 9.17) is 0 Å². The molecule has 1 fully saturated rings. The minimum atomic E-state index is -3.55. The molecule has 0 unspecified atom stereocenters. The molecule has 0 atom stereocenters. The number of anilines is 5. The summed E-state index contributed by atoms with van der Waals surface area (Å²) in [6.45, 7) is 11.7. The molecular formula is C26H36N8O2S. The van der Waals surface area contributed by atoms with Crippen LogP contribution in [0, 0.1) is 6.92 Å². The molecule has 2 heterocycles. The second kappa shape index (κ2) is 12.3. The zero-order valence-corrected chi connectivity index (χ0v) is 22.5. The molecule has 0 aliphatic carbocycles. The summed E-state index contributed by atoms with van der Waals surface area (Å²) in [6.07, 6.45) is 1.76. The lowest BCUT2D eigenvalue weighted by molar-refractivity contribution is 0.271. The third-order valence-electron chi connectivity index (χ3n) is 6.34. The number of para-hydroxylation sites is 1. The van der Waals surface area contributed by atoms with E-state index in [2.05, 4.69) is 58.9 Å². The van der Waals surface area contributed by atoms with E-state index in [1.54, 1.807) is 13.1 Å². The zero-order chi connectivity index (χ0) is 26.3. The normalized spacial score (nSPS) is 14.5. The van der Waals surface area contributed by atoms with Crippen LogP contribution in [0.3, 0.4) is 0 Å². The van der Waals surface area contributed by atoms with E-state index in [1.165, 1.54) is 5.69 Å². The highest BCUT2D eigenvalue weighted by Crippen LogP contribution is 2.25. The van der Waals surface area contributed by atoms with Crippen molar-refractivity contribution in [3.63, 3.8) is 0 Å². The molecule has 4 N–H and O–H groups in total. The van der Waals surface area contributed by atoms with Crippen molar-refractivity contribution in [3.8, 4) is 0 Å². The Hall–Kier alpha value is -3.25. The van der Waals surface area contributed by atoms with Crippen molar-refractivity contribution in [2.45, 2.75) is 27.3 Å². The van der Waals surface area contributed by atoms with Gasteiger partial charge in [-0.3, -0.25) is 0 Å². The Bertz CT molecular complexity index is 1280. The molecule has 1 aromatic heterocycles. The molecule has 1 aliphatic rings. The number of piperazine rings is 1. The molecule has 1 aliphatic heterocycles. The van der Waals surface area contributed by atoms with Gasteiger partial charge in [-0.25, -0.2) is 9.71 Å². The fourth-order valence-electron chi connectivity index (χ4n) is 4.17. The number of aryl methyl sites for hydroxylation is 1. The number of nitrogens with one attached hydrogen (secondary N) is 4. The standard InChI is InChI=1S/C26H36N8O2S/c1-4-28-37(35,36)29-19-21-8-6-7-9-24(21)31-25-20(3)18-27-26(32-25)30-22-10-12-23(13-11-22)34-16-14-33(5-2)15-17-34/h6-13,18,28-29H,4-5,14-17,19H2,1-3H3,(H2,27,30,31,32). The maximum absolute atomic E-state index is 12.0. The van der Waals surface area contributed by atoms with Crippen LogP contribution in [0.2, 0.25) is 0 Å². The lowest BCUT2D eigenvalue weighted by Crippen LogP contribution is -2.46. The highest BCUT2D eigenvalue weighted by Gasteiger charge is 2.16. The van der Waals surface area contributed by atoms with Gasteiger partial charge in [-0.05, 0) is 49.4 Å². The number of nitrogens with zero attached hydrogens (tertiary/aromatic N) is 4. The van der Waals surface area contributed by atoms with Crippen LogP contribution in [0.1, 0.15) is 25.0 Å². The Balaban J connectivity index is 1.43. The number of rotatable bonds is 11. The summed E-state index contributed by atoms with van der Waals surface area (Å²) < 4.78 is 29.0. The lowest BCUT2D eigenvalue weighted by Gasteiger charge is -2.35. The van der Waals surface area contributed by atoms with Crippen LogP contribution in [-0.2, 0) is 16.8 Å². The van der Waals surface area contributed by atoms with Crippen LogP contribution in [0.15, 0.2) is 54.7 Å². The predicted molar refractivity (Wildman–Crippen MR) is 150 cm³/mol. The Morgan fingerprint density at radius 3 is 2.35 bits per heavy atom. The van der Waals surface area contributed by atoms with Crippen LogP contribution in [0.5, 0.6) is 0 Å². The van der Waals surface area contributed by atoms with E-state index in [9.17, 15) is 8.42 Å². The van der Waals surface area contributed by atoms with E-state index in [1.807, 2.05) is 43.3 Å². The number of benzene rings is 2. The minimum absolute atomic E-state index is 0.146. The van der Waals surface area contributed by atoms with Crippen LogP contribution >= 0.6 is 0 Å². The van der Waals surface area contributed by atoms with Gasteiger partial charge in [0.1, 0.15) is 5.82 Å². The quantitative estimate of drug-likeness (QED) is 0.302. The molecule has 0 amide bonds. The highest BCUT2D eigenvalue weighted by molar-refractivity contribution is 7.87. The smallest absolute Gasteiger partial charge is 0.277 e. The van der Waals surface area contributed by atoms with Crippen LogP contribution < -0.4 is 25.0 Å². The summed E-state index contributed by atoms with van der Waals surface area (Å²) in [6, 6.07) is 15.9. The van der Waals surface area contributed by atoms with Crippen LogP contribution in [0.25, 0.3) is 0 Å². The zero-order valence-electron chi connectivity index (χ0n) is 21.7. The van der Waals surface area contributed by atoms with Gasteiger partial charge in [0.2, 0.25) is 5.95 Å². The van der Waals surface area contributed by atoms with E-state index < -0.39 is 10.2 Å². The molecule has 3 aromatic rings. The second-order valence-corrected chi connectivity index (χ2v) is 10.5. The van der Waals surface area contributed by atoms with Crippen molar-refractivity contribution in [2.24, 2.45) is 0 Å². The van der Waals surface area contributed by atoms with Gasteiger partial charge in [0.25, 0.3) is 10.2 Å². The molecular weight excluding hydrogens is 488 g/mol. The monoisotopic (exact) mass is 524 g/mol. The summed E-state index contributed by atoms with van der Waals surface area (Å²) in [5.41, 5.74) is 4.56. The summed E-state index contributed by atoms with van der Waals surface area (Å²) in [5.74, 6) is 1.12. The molecule has 0 saturated carbocycles. The molecule has 198 valence electrons. The average Bonchev–Trinajstić information content (AvgIpc) is 2.90. The van der Waals surface area contributed by atoms with Crippen molar-refractivity contribution in [1.29, 1.82) is 0 Å². The van der Waals surface area contributed by atoms with Gasteiger partial charge >= 0.3 is 0 Å².